The Morgan fingerprint density at radius 3 is 1.92 bits per heavy atom. The molecule has 0 bridgehead atoms. The van der Waals surface area contributed by atoms with Crippen LogP contribution in [0.25, 0.3) is 0 Å². The Hall–Kier alpha value is -0.0900. The van der Waals surface area contributed by atoms with Crippen LogP contribution in [0.5, 0.6) is 0 Å². The van der Waals surface area contributed by atoms with Crippen LogP contribution in [0.2, 0.25) is 0 Å². The van der Waals surface area contributed by atoms with E-state index in [1.807, 2.05) is 0 Å². The van der Waals surface area contributed by atoms with Crippen LogP contribution in [0.3, 0.4) is 0 Å². The molecule has 0 unspecified atom stereocenters. The van der Waals surface area contributed by atoms with E-state index in [0.717, 1.165) is 25.9 Å². The van der Waals surface area contributed by atoms with E-state index in [2.05, 4.69) is 0 Å². The van der Waals surface area contributed by atoms with Gasteiger partial charge in [0.2, 0.25) is 10.0 Å². The van der Waals surface area contributed by atoms with Gasteiger partial charge in [-0.05, 0) is 31.1 Å². The first-order valence-corrected chi connectivity index (χ1v) is 6.82. The minimum atomic E-state index is -2.93. The maximum atomic E-state index is 11.2. The van der Waals surface area contributed by atoms with Crippen molar-refractivity contribution in [1.29, 1.82) is 0 Å². The fraction of sp³-hybridized carbons (Fsp3) is 1.00. The molecule has 1 spiro atoms. The Labute approximate surface area is 80.2 Å². The summed E-state index contributed by atoms with van der Waals surface area (Å²) in [5.74, 6) is 0. The van der Waals surface area contributed by atoms with Crippen molar-refractivity contribution in [3.63, 3.8) is 0 Å². The lowest BCUT2D eigenvalue weighted by molar-refractivity contribution is 0.0611. The van der Waals surface area contributed by atoms with Crippen LogP contribution in [0.4, 0.5) is 0 Å². The second-order valence-electron chi connectivity index (χ2n) is 4.52. The number of hydrogen-bond donors (Lipinski definition) is 0. The number of sulfonamides is 1. The molecule has 0 aromatic rings. The maximum absolute atomic E-state index is 11.2. The van der Waals surface area contributed by atoms with Crippen LogP contribution in [0.15, 0.2) is 0 Å². The highest BCUT2D eigenvalue weighted by molar-refractivity contribution is 7.88. The summed E-state index contributed by atoms with van der Waals surface area (Å²) < 4.78 is 24.1. The highest BCUT2D eigenvalue weighted by Gasteiger charge is 2.40. The first-order valence-electron chi connectivity index (χ1n) is 4.97. The maximum Gasteiger partial charge on any atom is 0.211 e. The molecule has 1 saturated heterocycles. The van der Waals surface area contributed by atoms with Gasteiger partial charge in [-0.25, -0.2) is 12.7 Å². The van der Waals surface area contributed by atoms with E-state index < -0.39 is 10.0 Å². The van der Waals surface area contributed by atoms with Gasteiger partial charge in [0.05, 0.1) is 6.26 Å². The number of rotatable bonds is 1. The van der Waals surface area contributed by atoms with E-state index in [9.17, 15) is 8.42 Å². The summed E-state index contributed by atoms with van der Waals surface area (Å²) in [6.07, 6.45) is 7.47. The molecule has 0 radical (unpaired) electrons. The van der Waals surface area contributed by atoms with Crippen molar-refractivity contribution >= 4 is 10.0 Å². The molecule has 1 saturated carbocycles. The fourth-order valence-corrected chi connectivity index (χ4v) is 3.31. The summed E-state index contributed by atoms with van der Waals surface area (Å²) in [6.45, 7) is 1.50. The van der Waals surface area contributed by atoms with Crippen LogP contribution in [-0.2, 0) is 10.0 Å². The predicted octanol–water partition coefficient (Wildman–Crippen LogP) is 1.21. The van der Waals surface area contributed by atoms with Gasteiger partial charge in [-0.2, -0.15) is 0 Å². The van der Waals surface area contributed by atoms with Crippen LogP contribution < -0.4 is 0 Å². The van der Waals surface area contributed by atoms with Crippen molar-refractivity contribution in [2.75, 3.05) is 19.3 Å². The Bertz CT molecular complexity index is 283. The molecule has 1 aliphatic heterocycles. The number of nitrogens with zero attached hydrogens (tertiary/aromatic N) is 1. The van der Waals surface area contributed by atoms with Gasteiger partial charge in [0, 0.05) is 13.1 Å². The van der Waals surface area contributed by atoms with E-state index in [-0.39, 0.29) is 0 Å². The monoisotopic (exact) mass is 203 g/mol. The van der Waals surface area contributed by atoms with Crippen molar-refractivity contribution in [3.05, 3.63) is 0 Å². The van der Waals surface area contributed by atoms with Gasteiger partial charge in [-0.1, -0.05) is 6.42 Å². The molecule has 0 aromatic heterocycles. The second-order valence-corrected chi connectivity index (χ2v) is 6.50. The predicted molar refractivity (Wildman–Crippen MR) is 51.9 cm³/mol. The smallest absolute Gasteiger partial charge is 0.211 e. The van der Waals surface area contributed by atoms with Crippen molar-refractivity contribution in [3.8, 4) is 0 Å². The summed E-state index contributed by atoms with van der Waals surface area (Å²) >= 11 is 0. The molecule has 0 aromatic carbocycles. The molecule has 0 atom stereocenters. The molecule has 3 nitrogen and oxygen atoms in total. The topological polar surface area (TPSA) is 37.4 Å². The molecule has 76 valence electrons. The Balaban J connectivity index is 1.96. The molecule has 0 N–H and O–H groups in total. The average molecular weight is 203 g/mol. The summed E-state index contributed by atoms with van der Waals surface area (Å²) in [7, 11) is -2.93. The van der Waals surface area contributed by atoms with E-state index in [1.165, 1.54) is 25.5 Å². The molecule has 1 aliphatic carbocycles. The zero-order valence-electron chi connectivity index (χ0n) is 8.12. The molecule has 13 heavy (non-hydrogen) atoms. The van der Waals surface area contributed by atoms with Crippen LogP contribution in [-0.4, -0.2) is 32.1 Å². The first-order chi connectivity index (χ1) is 6.02. The molecule has 0 amide bonds. The largest absolute Gasteiger partial charge is 0.213 e. The van der Waals surface area contributed by atoms with Crippen LogP contribution in [0.1, 0.15) is 32.1 Å². The van der Waals surface area contributed by atoms with E-state index in [0.29, 0.717) is 5.41 Å². The molecular formula is C9H17NO2S. The molecule has 1 heterocycles. The molecular weight excluding hydrogens is 186 g/mol. The van der Waals surface area contributed by atoms with Gasteiger partial charge in [-0.3, -0.25) is 0 Å². The van der Waals surface area contributed by atoms with E-state index in [4.69, 9.17) is 0 Å². The first kappa shape index (κ1) is 9.46. The van der Waals surface area contributed by atoms with Crippen molar-refractivity contribution < 1.29 is 8.42 Å². The molecule has 4 heteroatoms. The number of hydrogen-bond acceptors (Lipinski definition) is 2. The second kappa shape index (κ2) is 2.95. The van der Waals surface area contributed by atoms with Gasteiger partial charge < -0.3 is 0 Å². The minimum Gasteiger partial charge on any atom is -0.213 e. The van der Waals surface area contributed by atoms with Crippen molar-refractivity contribution in [1.82, 2.24) is 4.31 Å². The van der Waals surface area contributed by atoms with Gasteiger partial charge in [-0.15, -0.1) is 0 Å². The summed E-state index contributed by atoms with van der Waals surface area (Å²) in [4.78, 5) is 0. The van der Waals surface area contributed by atoms with Gasteiger partial charge in [0.1, 0.15) is 0 Å². The number of piperidine rings is 1. The molecule has 2 aliphatic rings. The molecule has 2 rings (SSSR count). The zero-order valence-corrected chi connectivity index (χ0v) is 8.94. The Morgan fingerprint density at radius 1 is 1.08 bits per heavy atom. The minimum absolute atomic E-state index is 0.543. The summed E-state index contributed by atoms with van der Waals surface area (Å²) in [5, 5.41) is 0. The Morgan fingerprint density at radius 2 is 1.62 bits per heavy atom. The third kappa shape index (κ3) is 1.74. The normalized spacial score (nSPS) is 28.7. The lowest BCUT2D eigenvalue weighted by atomic mass is 9.63. The summed E-state index contributed by atoms with van der Waals surface area (Å²) in [6, 6.07) is 0. The highest BCUT2D eigenvalue weighted by atomic mass is 32.2. The summed E-state index contributed by atoms with van der Waals surface area (Å²) in [5.41, 5.74) is 0.543. The van der Waals surface area contributed by atoms with Crippen molar-refractivity contribution in [2.24, 2.45) is 5.41 Å². The van der Waals surface area contributed by atoms with Crippen LogP contribution in [0, 0.1) is 5.41 Å². The van der Waals surface area contributed by atoms with Crippen LogP contribution >= 0.6 is 0 Å². The third-order valence-corrected chi connectivity index (χ3v) is 4.97. The van der Waals surface area contributed by atoms with Gasteiger partial charge in [0.25, 0.3) is 0 Å². The highest BCUT2D eigenvalue weighted by Crippen LogP contribution is 2.48. The average Bonchev–Trinajstić information content (AvgIpc) is 2.00. The van der Waals surface area contributed by atoms with Gasteiger partial charge in [0.15, 0.2) is 0 Å². The fourth-order valence-electron chi connectivity index (χ4n) is 2.47. The third-order valence-electron chi connectivity index (χ3n) is 3.67. The lowest BCUT2D eigenvalue weighted by Gasteiger charge is -2.47. The SMILES string of the molecule is CS(=O)(=O)N1CCC2(CCC2)CC1. The van der Waals surface area contributed by atoms with Crippen molar-refractivity contribution in [2.45, 2.75) is 32.1 Å². The lowest BCUT2D eigenvalue weighted by Crippen LogP contribution is -2.45. The Kier molecular flexibility index (Phi) is 2.15. The standard InChI is InChI=1S/C9H17NO2S/c1-13(11,12)10-7-5-9(6-8-10)3-2-4-9/h2-8H2,1H3. The van der Waals surface area contributed by atoms with E-state index in [1.54, 1.807) is 4.31 Å². The molecule has 2 fully saturated rings. The van der Waals surface area contributed by atoms with Gasteiger partial charge >= 0.3 is 0 Å². The van der Waals surface area contributed by atoms with E-state index >= 15 is 0 Å². The quantitative estimate of drug-likeness (QED) is 0.642. The zero-order chi connectivity index (χ0) is 9.53.